The molecule has 2 aromatic heterocycles. The predicted octanol–water partition coefficient (Wildman–Crippen LogP) is 4.10. The second kappa shape index (κ2) is 10.8. The largest absolute Gasteiger partial charge is 0.454 e. The number of rotatable bonds is 7. The molecule has 200 valence electrons. The molecule has 1 aliphatic heterocycles. The number of carbonyl (C=O) groups is 1. The van der Waals surface area contributed by atoms with Gasteiger partial charge < -0.3 is 25.1 Å². The van der Waals surface area contributed by atoms with Crippen LogP contribution in [0.25, 0.3) is 16.8 Å². The third-order valence-electron chi connectivity index (χ3n) is 7.45. The Balaban J connectivity index is 1.01. The monoisotopic (exact) mass is 525 g/mol. The fraction of sp³-hybridized carbons (Fsp3) is 0.300. The van der Waals surface area contributed by atoms with E-state index in [-0.39, 0.29) is 24.3 Å². The van der Waals surface area contributed by atoms with Crippen LogP contribution in [0.4, 0.5) is 0 Å². The molecule has 0 unspecified atom stereocenters. The zero-order valence-corrected chi connectivity index (χ0v) is 21.8. The van der Waals surface area contributed by atoms with Crippen molar-refractivity contribution in [1.82, 2.24) is 25.4 Å². The van der Waals surface area contributed by atoms with Crippen molar-refractivity contribution in [2.75, 3.05) is 6.79 Å². The number of carbonyl (C=O) groups excluding carboxylic acids is 1. The molecule has 3 heterocycles. The number of H-pyrrole nitrogens is 1. The number of nitrogens with zero attached hydrogens (tertiary/aromatic N) is 2. The predicted molar refractivity (Wildman–Crippen MR) is 147 cm³/mol. The highest BCUT2D eigenvalue weighted by Crippen LogP contribution is 2.35. The summed E-state index contributed by atoms with van der Waals surface area (Å²) < 4.78 is 12.7. The normalized spacial score (nSPS) is 18.2. The minimum absolute atomic E-state index is 0.0356. The average molecular weight is 526 g/mol. The summed E-state index contributed by atoms with van der Waals surface area (Å²) in [5, 5.41) is 11.2. The summed E-state index contributed by atoms with van der Waals surface area (Å²) in [5.74, 6) is 0.984. The van der Waals surface area contributed by atoms with Gasteiger partial charge in [-0.3, -0.25) is 9.59 Å². The van der Waals surface area contributed by atoms with E-state index in [4.69, 9.17) is 9.47 Å². The molecule has 2 aromatic carbocycles. The number of nitrogens with one attached hydrogen (secondary N) is 3. The minimum Gasteiger partial charge on any atom is -0.454 e. The number of aromatic amines is 1. The first-order chi connectivity index (χ1) is 19.0. The minimum atomic E-state index is -0.404. The molecule has 1 amide bonds. The van der Waals surface area contributed by atoms with Gasteiger partial charge in [0.05, 0.1) is 11.9 Å². The summed E-state index contributed by atoms with van der Waals surface area (Å²) in [4.78, 5) is 28.2. The number of ether oxygens (including phenoxy) is 2. The van der Waals surface area contributed by atoms with E-state index in [1.807, 2.05) is 29.1 Å². The maximum Gasteiger partial charge on any atom is 0.260 e. The summed E-state index contributed by atoms with van der Waals surface area (Å²) in [6, 6.07) is 15.9. The van der Waals surface area contributed by atoms with Crippen molar-refractivity contribution in [2.24, 2.45) is 0 Å². The maximum atomic E-state index is 13.0. The van der Waals surface area contributed by atoms with Gasteiger partial charge in [0, 0.05) is 36.6 Å². The number of aryl methyl sites for hydroxylation is 1. The van der Waals surface area contributed by atoms with E-state index in [0.717, 1.165) is 54.6 Å². The number of hydrogen-bond donors (Lipinski definition) is 3. The highest BCUT2D eigenvalue weighted by Gasteiger charge is 2.24. The van der Waals surface area contributed by atoms with Crippen molar-refractivity contribution in [1.29, 1.82) is 0 Å². The van der Waals surface area contributed by atoms with Crippen molar-refractivity contribution in [2.45, 2.75) is 51.2 Å². The van der Waals surface area contributed by atoms with Gasteiger partial charge in [0.1, 0.15) is 5.56 Å². The molecule has 0 radical (unpaired) electrons. The number of amides is 1. The molecule has 39 heavy (non-hydrogen) atoms. The lowest BCUT2D eigenvalue weighted by Crippen LogP contribution is -2.43. The fourth-order valence-corrected chi connectivity index (χ4v) is 5.15. The SMILES string of the molecule is Cc1ccc(-n2cc(CNC3CCC(NC(=O)c4cc(-c5ccc6c(c5)OCO6)c[nH]c4=O)CC3)cn2)cc1. The Bertz CT molecular complexity index is 1530. The van der Waals surface area contributed by atoms with E-state index in [2.05, 4.69) is 58.1 Å². The molecule has 0 bridgehead atoms. The van der Waals surface area contributed by atoms with Crippen LogP contribution in [0.1, 0.15) is 47.2 Å². The molecule has 9 heteroatoms. The van der Waals surface area contributed by atoms with Gasteiger partial charge in [-0.1, -0.05) is 23.8 Å². The molecule has 1 aliphatic carbocycles. The zero-order chi connectivity index (χ0) is 26.8. The van der Waals surface area contributed by atoms with Gasteiger partial charge in [-0.15, -0.1) is 0 Å². The number of hydrogen-bond acceptors (Lipinski definition) is 6. The Labute approximate surface area is 226 Å². The van der Waals surface area contributed by atoms with Crippen LogP contribution in [-0.4, -0.2) is 39.5 Å². The molecule has 0 saturated heterocycles. The third-order valence-corrected chi connectivity index (χ3v) is 7.45. The number of aromatic nitrogens is 3. The van der Waals surface area contributed by atoms with E-state index >= 15 is 0 Å². The molecular weight excluding hydrogens is 494 g/mol. The summed E-state index contributed by atoms with van der Waals surface area (Å²) in [6.07, 6.45) is 9.16. The molecule has 1 fully saturated rings. The van der Waals surface area contributed by atoms with Gasteiger partial charge in [-0.2, -0.15) is 5.10 Å². The van der Waals surface area contributed by atoms with Gasteiger partial charge in [-0.05, 0) is 74.1 Å². The molecule has 0 spiro atoms. The second-order valence-corrected chi connectivity index (χ2v) is 10.2. The van der Waals surface area contributed by atoms with E-state index in [9.17, 15) is 9.59 Å². The third kappa shape index (κ3) is 5.58. The van der Waals surface area contributed by atoms with E-state index in [1.54, 1.807) is 12.3 Å². The molecule has 1 saturated carbocycles. The summed E-state index contributed by atoms with van der Waals surface area (Å²) >= 11 is 0. The molecule has 4 aromatic rings. The van der Waals surface area contributed by atoms with Crippen LogP contribution in [0.15, 0.2) is 71.9 Å². The highest BCUT2D eigenvalue weighted by molar-refractivity contribution is 5.95. The van der Waals surface area contributed by atoms with Gasteiger partial charge in [0.2, 0.25) is 6.79 Å². The topological polar surface area (TPSA) is 110 Å². The van der Waals surface area contributed by atoms with E-state index < -0.39 is 5.56 Å². The molecule has 6 rings (SSSR count). The van der Waals surface area contributed by atoms with Crippen LogP contribution in [0, 0.1) is 6.92 Å². The number of pyridine rings is 1. The number of benzene rings is 2. The molecule has 0 atom stereocenters. The fourth-order valence-electron chi connectivity index (χ4n) is 5.15. The summed E-state index contributed by atoms with van der Waals surface area (Å²) in [6.45, 7) is 3.01. The lowest BCUT2D eigenvalue weighted by Gasteiger charge is -2.29. The van der Waals surface area contributed by atoms with Crippen LogP contribution in [0.5, 0.6) is 11.5 Å². The number of fused-ring (bicyclic) bond motifs is 1. The molecule has 9 nitrogen and oxygen atoms in total. The second-order valence-electron chi connectivity index (χ2n) is 10.2. The first kappa shape index (κ1) is 24.9. The van der Waals surface area contributed by atoms with Gasteiger partial charge >= 0.3 is 0 Å². The van der Waals surface area contributed by atoms with Crippen LogP contribution < -0.4 is 25.7 Å². The van der Waals surface area contributed by atoms with Crippen molar-refractivity contribution in [3.05, 3.63) is 94.2 Å². The Morgan fingerprint density at radius 2 is 1.77 bits per heavy atom. The van der Waals surface area contributed by atoms with Gasteiger partial charge in [0.15, 0.2) is 11.5 Å². The smallest absolute Gasteiger partial charge is 0.260 e. The molecule has 2 aliphatic rings. The van der Waals surface area contributed by atoms with E-state index in [0.29, 0.717) is 17.5 Å². The van der Waals surface area contributed by atoms with Crippen LogP contribution in [0.2, 0.25) is 0 Å². The van der Waals surface area contributed by atoms with Gasteiger partial charge in [-0.25, -0.2) is 4.68 Å². The van der Waals surface area contributed by atoms with E-state index in [1.165, 1.54) is 5.56 Å². The van der Waals surface area contributed by atoms with Crippen molar-refractivity contribution in [3.8, 4) is 28.3 Å². The standard InChI is InChI=1S/C30H31N5O4/c1-19-2-9-25(10-3-19)35-17-20(15-33-35)14-31-23-5-7-24(8-6-23)34-30(37)26-12-22(16-32-29(26)36)21-4-11-27-28(13-21)39-18-38-27/h2-4,9-13,15-17,23-24,31H,5-8,14,18H2,1H3,(H,32,36)(H,34,37). The Morgan fingerprint density at radius 3 is 2.59 bits per heavy atom. The highest BCUT2D eigenvalue weighted by atomic mass is 16.7. The lowest BCUT2D eigenvalue weighted by molar-refractivity contribution is 0.0922. The van der Waals surface area contributed by atoms with Crippen molar-refractivity contribution in [3.63, 3.8) is 0 Å². The van der Waals surface area contributed by atoms with Crippen molar-refractivity contribution >= 4 is 5.91 Å². The first-order valence-electron chi connectivity index (χ1n) is 13.3. The summed E-state index contributed by atoms with van der Waals surface area (Å²) in [7, 11) is 0. The Hall–Kier alpha value is -4.37. The first-order valence-corrected chi connectivity index (χ1v) is 13.3. The van der Waals surface area contributed by atoms with Gasteiger partial charge in [0.25, 0.3) is 11.5 Å². The zero-order valence-electron chi connectivity index (χ0n) is 21.8. The quantitative estimate of drug-likeness (QED) is 0.335. The Kier molecular flexibility index (Phi) is 6.89. The summed E-state index contributed by atoms with van der Waals surface area (Å²) in [5.41, 5.74) is 4.67. The van der Waals surface area contributed by atoms with Crippen LogP contribution in [-0.2, 0) is 6.54 Å². The van der Waals surface area contributed by atoms with Crippen LogP contribution >= 0.6 is 0 Å². The Morgan fingerprint density at radius 1 is 1.00 bits per heavy atom. The molecule has 3 N–H and O–H groups in total. The molecular formula is C30H31N5O4. The van der Waals surface area contributed by atoms with Crippen molar-refractivity contribution < 1.29 is 14.3 Å². The average Bonchev–Trinajstić information content (AvgIpc) is 3.63. The van der Waals surface area contributed by atoms with Crippen LogP contribution in [0.3, 0.4) is 0 Å². The lowest BCUT2D eigenvalue weighted by atomic mass is 9.91. The maximum absolute atomic E-state index is 13.0.